The number of carbonyl (C=O) groups is 3. The maximum atomic E-state index is 13.4. The molecule has 0 saturated carbocycles. The van der Waals surface area contributed by atoms with E-state index in [0.717, 1.165) is 13.8 Å². The van der Waals surface area contributed by atoms with E-state index >= 15 is 0 Å². The Hall–Kier alpha value is -3.41. The first-order valence-electron chi connectivity index (χ1n) is 24.1. The lowest BCUT2D eigenvalue weighted by molar-refractivity contribution is -0.397. The molecular weight excluding hydrogens is 1020 g/mol. The van der Waals surface area contributed by atoms with Crippen LogP contribution in [0.3, 0.4) is 0 Å². The number of nitrogens with one attached hydrogen (secondary N) is 3. The molecule has 9 unspecified atom stereocenters. The summed E-state index contributed by atoms with van der Waals surface area (Å²) < 4.78 is 59.0. The average Bonchev–Trinajstić information content (AvgIpc) is 3.84. The maximum Gasteiger partial charge on any atom is 0.364 e. The molecule has 2 amide bonds. The van der Waals surface area contributed by atoms with Crippen molar-refractivity contribution in [1.29, 1.82) is 0 Å². The Morgan fingerprint density at radius 1 is 0.747 bits per heavy atom. The Morgan fingerprint density at radius 3 is 1.93 bits per heavy atom. The van der Waals surface area contributed by atoms with E-state index in [4.69, 9.17) is 53.1 Å². The number of aliphatic hydroxyl groups excluding tert-OH is 12. The van der Waals surface area contributed by atoms with Gasteiger partial charge in [0.1, 0.15) is 97.7 Å². The number of rotatable bonds is 29. The van der Waals surface area contributed by atoms with E-state index in [1.807, 2.05) is 0 Å². The fourth-order valence-electron chi connectivity index (χ4n) is 8.76. The van der Waals surface area contributed by atoms with E-state index in [9.17, 15) is 80.8 Å². The SMILES string of the molecule is CC(=O)NC1[C@H](O[C@H]2C(CO)O[C@@H](O[C@@H]3C(CO)O[C@@H](NCc4cn(CCOCCOCCOCCN)nn4)C(O)[C@H]3O)C(O)[C@H]2O[C@]2(C(=O)O)CC(O)[C@@H](NC(C)=O)C(C(O)[C@H](O)CO)O2)OC(CO)[C@H](O)[C@@H]1O. The van der Waals surface area contributed by atoms with Gasteiger partial charge in [-0.2, -0.15) is 0 Å². The summed E-state index contributed by atoms with van der Waals surface area (Å²) in [5.41, 5.74) is 5.73. The van der Waals surface area contributed by atoms with Crippen molar-refractivity contribution in [3.63, 3.8) is 0 Å². The fourth-order valence-corrected chi connectivity index (χ4v) is 8.76. The zero-order valence-electron chi connectivity index (χ0n) is 41.1. The number of carboxylic acid groups (broad SMARTS) is 1. The van der Waals surface area contributed by atoms with Crippen LogP contribution in [0, 0.1) is 0 Å². The highest BCUT2D eigenvalue weighted by Gasteiger charge is 2.61. The first-order chi connectivity index (χ1) is 35.7. The van der Waals surface area contributed by atoms with Crippen molar-refractivity contribution >= 4 is 17.8 Å². The average molecular weight is 1090 g/mol. The molecule has 0 aromatic carbocycles. The van der Waals surface area contributed by atoms with E-state index in [2.05, 4.69) is 26.3 Å². The third-order valence-electron chi connectivity index (χ3n) is 12.5. The number of nitrogens with zero attached hydrogens (tertiary/aromatic N) is 3. The van der Waals surface area contributed by atoms with Crippen LogP contribution in [-0.4, -0.2) is 300 Å². The summed E-state index contributed by atoms with van der Waals surface area (Å²) in [6.07, 6.45) is -34.8. The van der Waals surface area contributed by atoms with Crippen LogP contribution in [0.4, 0.5) is 0 Å². The number of carbonyl (C=O) groups excluding carboxylic acids is 2. The topological polar surface area (TPSA) is 499 Å². The molecule has 21 atom stereocenters. The lowest BCUT2D eigenvalue weighted by atomic mass is 9.88. The molecule has 33 heteroatoms. The Kier molecular flexibility index (Phi) is 24.6. The molecule has 432 valence electrons. The van der Waals surface area contributed by atoms with Gasteiger partial charge in [-0.25, -0.2) is 9.48 Å². The minimum Gasteiger partial charge on any atom is -0.477 e. The molecule has 1 aromatic heterocycles. The number of hydrogen-bond donors (Lipinski definition) is 17. The van der Waals surface area contributed by atoms with Crippen LogP contribution in [-0.2, 0) is 74.8 Å². The normalized spacial score (nSPS) is 37.2. The number of nitrogens with two attached hydrogens (primary N) is 1. The molecule has 33 nitrogen and oxygen atoms in total. The molecule has 0 aliphatic carbocycles. The second-order valence-electron chi connectivity index (χ2n) is 18.1. The smallest absolute Gasteiger partial charge is 0.364 e. The zero-order valence-corrected chi connectivity index (χ0v) is 41.1. The predicted octanol–water partition coefficient (Wildman–Crippen LogP) is -10.9. The van der Waals surface area contributed by atoms with Crippen molar-refractivity contribution in [2.45, 2.75) is 162 Å². The number of amides is 2. The van der Waals surface area contributed by atoms with Gasteiger partial charge >= 0.3 is 5.97 Å². The van der Waals surface area contributed by atoms with E-state index < -0.39 is 179 Å². The highest BCUT2D eigenvalue weighted by molar-refractivity contribution is 5.76. The lowest BCUT2D eigenvalue weighted by Gasteiger charge is -2.52. The zero-order chi connectivity index (χ0) is 55.1. The van der Waals surface area contributed by atoms with Gasteiger partial charge in [0.25, 0.3) is 5.79 Å². The summed E-state index contributed by atoms with van der Waals surface area (Å²) in [5, 5.41) is 157. The van der Waals surface area contributed by atoms with Crippen LogP contribution in [0.25, 0.3) is 0 Å². The molecule has 1 aromatic rings. The molecule has 5 rings (SSSR count). The number of aliphatic hydroxyl groups is 12. The number of hydrogen-bond acceptors (Lipinski definition) is 29. The highest BCUT2D eigenvalue weighted by atomic mass is 16.8. The standard InChI is InChI=1S/C42H73N7O26/c1-18(54)45-26-21(56)11-42(41(64)65,74-36(26)28(58)22(57)14-50)75-37-33(63)40(71-25(17-53)35(37)73-39-27(46-19(2)55)30(60)29(59)23(15-51)70-39)72-34-24(16-52)69-38(32(62)31(34)61)44-12-20-13-49(48-47-20)4-6-67-8-10-68-9-7-66-5-3-43/h13,21-40,44,50-53,56-63H,3-12,14-17,43H2,1-2H3,(H,45,54)(H,46,55)(H,64,65)/t21?,22-,23?,24?,25?,26-,27?,28?,29+,30-,31-,32?,33?,34-,35+,36?,37-,38-,39+,40+,42+/m1/s1. The minimum atomic E-state index is -3.25. The molecule has 0 spiro atoms. The first-order valence-corrected chi connectivity index (χ1v) is 24.1. The number of carboxylic acids is 1. The summed E-state index contributed by atoms with van der Waals surface area (Å²) in [5.74, 6) is -6.95. The quantitative estimate of drug-likeness (QED) is 0.0331. The minimum absolute atomic E-state index is 0.0882. The van der Waals surface area contributed by atoms with Crippen molar-refractivity contribution in [1.82, 2.24) is 30.9 Å². The van der Waals surface area contributed by atoms with Gasteiger partial charge in [-0.15, -0.1) is 5.10 Å². The number of ether oxygens (including phenoxy) is 10. The van der Waals surface area contributed by atoms with Gasteiger partial charge in [0.05, 0.1) is 90.5 Å². The van der Waals surface area contributed by atoms with Crippen LogP contribution in [0.2, 0.25) is 0 Å². The molecule has 75 heavy (non-hydrogen) atoms. The van der Waals surface area contributed by atoms with Gasteiger partial charge in [-0.3, -0.25) is 14.9 Å². The Labute approximate surface area is 428 Å². The summed E-state index contributed by atoms with van der Waals surface area (Å²) in [6.45, 7) is 0.706. The molecule has 4 saturated heterocycles. The van der Waals surface area contributed by atoms with Crippen molar-refractivity contribution in [2.24, 2.45) is 5.73 Å². The maximum absolute atomic E-state index is 13.4. The van der Waals surface area contributed by atoms with Gasteiger partial charge in [-0.1, -0.05) is 5.21 Å². The first kappa shape index (κ1) is 62.4. The van der Waals surface area contributed by atoms with Gasteiger partial charge in [0, 0.05) is 39.6 Å². The van der Waals surface area contributed by atoms with Gasteiger partial charge in [0.2, 0.25) is 11.8 Å². The van der Waals surface area contributed by atoms with E-state index in [1.54, 1.807) is 6.20 Å². The van der Waals surface area contributed by atoms with E-state index in [0.29, 0.717) is 51.8 Å². The summed E-state index contributed by atoms with van der Waals surface area (Å²) >= 11 is 0. The Morgan fingerprint density at radius 2 is 1.33 bits per heavy atom. The van der Waals surface area contributed by atoms with Crippen molar-refractivity contribution in [2.75, 3.05) is 72.6 Å². The molecule has 0 bridgehead atoms. The third kappa shape index (κ3) is 16.1. The summed E-state index contributed by atoms with van der Waals surface area (Å²) in [6, 6.07) is -3.38. The van der Waals surface area contributed by atoms with Gasteiger partial charge in [0.15, 0.2) is 12.6 Å². The Bertz CT molecular complexity index is 1900. The fraction of sp³-hybridized carbons (Fsp3) is 0.881. The van der Waals surface area contributed by atoms with Crippen molar-refractivity contribution in [3.8, 4) is 0 Å². The van der Waals surface area contributed by atoms with Crippen molar-refractivity contribution in [3.05, 3.63) is 11.9 Å². The molecular formula is C42H73N7O26. The lowest BCUT2D eigenvalue weighted by Crippen LogP contribution is -2.72. The second kappa shape index (κ2) is 29.5. The molecule has 0 radical (unpaired) electrons. The molecule has 4 fully saturated rings. The third-order valence-corrected chi connectivity index (χ3v) is 12.5. The summed E-state index contributed by atoms with van der Waals surface area (Å²) in [7, 11) is 0. The van der Waals surface area contributed by atoms with Gasteiger partial charge in [-0.05, 0) is 0 Å². The molecule has 4 aliphatic rings. The van der Waals surface area contributed by atoms with E-state index in [-0.39, 0.29) is 13.2 Å². The monoisotopic (exact) mass is 1090 g/mol. The number of aromatic nitrogens is 3. The molecule has 4 aliphatic heterocycles. The second-order valence-corrected chi connectivity index (χ2v) is 18.1. The largest absolute Gasteiger partial charge is 0.477 e. The van der Waals surface area contributed by atoms with Crippen LogP contribution < -0.4 is 21.7 Å². The van der Waals surface area contributed by atoms with Crippen LogP contribution in [0.1, 0.15) is 26.0 Å². The van der Waals surface area contributed by atoms with Crippen LogP contribution in [0.15, 0.2) is 6.20 Å². The Balaban J connectivity index is 1.37. The van der Waals surface area contributed by atoms with E-state index in [1.165, 1.54) is 4.68 Å². The molecule has 18 N–H and O–H groups in total. The summed E-state index contributed by atoms with van der Waals surface area (Å²) in [4.78, 5) is 37.9. The molecule has 5 heterocycles. The van der Waals surface area contributed by atoms with Crippen LogP contribution in [0.5, 0.6) is 0 Å². The van der Waals surface area contributed by atoms with Crippen molar-refractivity contribution < 1.29 is 128 Å². The predicted molar refractivity (Wildman–Crippen MR) is 240 cm³/mol. The van der Waals surface area contributed by atoms with Crippen LogP contribution >= 0.6 is 0 Å². The number of aliphatic carboxylic acids is 1. The van der Waals surface area contributed by atoms with Gasteiger partial charge < -0.3 is 130 Å². The highest BCUT2D eigenvalue weighted by Crippen LogP contribution is 2.40.